The van der Waals surface area contributed by atoms with Gasteiger partial charge in [-0.15, -0.1) is 0 Å². The topological polar surface area (TPSA) is 134 Å². The number of hydrogen-bond donors (Lipinski definition) is 3. The molecule has 0 aromatic carbocycles. The molecule has 2 fully saturated rings. The third-order valence-electron chi connectivity index (χ3n) is 5.83. The molecule has 0 bridgehead atoms. The molecular formula is C21H33N5O5. The first-order valence-electron chi connectivity index (χ1n) is 10.7. The minimum absolute atomic E-state index is 0.0626. The zero-order valence-electron chi connectivity index (χ0n) is 18.0. The maximum absolute atomic E-state index is 12.3. The van der Waals surface area contributed by atoms with E-state index in [1.165, 1.54) is 0 Å². The number of carboxylic acid groups (broad SMARTS) is 1. The number of rotatable bonds is 8. The predicted molar refractivity (Wildman–Crippen MR) is 113 cm³/mol. The molecule has 0 unspecified atom stereocenters. The van der Waals surface area contributed by atoms with Crippen LogP contribution in [0.25, 0.3) is 0 Å². The average Bonchev–Trinajstić information content (AvgIpc) is 3.13. The van der Waals surface area contributed by atoms with Gasteiger partial charge in [-0.2, -0.15) is 0 Å². The van der Waals surface area contributed by atoms with Gasteiger partial charge in [0.25, 0.3) is 6.47 Å². The number of carbonyl (C=O) groups is 3. The van der Waals surface area contributed by atoms with E-state index >= 15 is 0 Å². The maximum Gasteiger partial charge on any atom is 0.290 e. The molecule has 0 radical (unpaired) electrons. The Morgan fingerprint density at radius 1 is 1.19 bits per heavy atom. The van der Waals surface area contributed by atoms with Crippen LogP contribution in [0.15, 0.2) is 18.6 Å². The van der Waals surface area contributed by atoms with Crippen molar-refractivity contribution in [2.24, 2.45) is 5.92 Å². The van der Waals surface area contributed by atoms with Crippen LogP contribution in [-0.4, -0.2) is 83.7 Å². The fraction of sp³-hybridized carbons (Fsp3) is 0.667. The van der Waals surface area contributed by atoms with Gasteiger partial charge in [0.2, 0.25) is 11.8 Å². The second kappa shape index (κ2) is 13.7. The summed E-state index contributed by atoms with van der Waals surface area (Å²) in [6.45, 7) is 2.32. The molecule has 2 aliphatic heterocycles. The number of hydrogen-bond acceptors (Lipinski definition) is 7. The summed E-state index contributed by atoms with van der Waals surface area (Å²) in [5.74, 6) is 0.283. The summed E-state index contributed by atoms with van der Waals surface area (Å²) >= 11 is 0. The summed E-state index contributed by atoms with van der Waals surface area (Å²) < 4.78 is 5.32. The fourth-order valence-electron chi connectivity index (χ4n) is 3.98. The van der Waals surface area contributed by atoms with Crippen LogP contribution >= 0.6 is 0 Å². The number of carbonyl (C=O) groups excluding carboxylic acids is 2. The minimum Gasteiger partial charge on any atom is -0.483 e. The molecular weight excluding hydrogens is 402 g/mol. The van der Waals surface area contributed by atoms with Crippen molar-refractivity contribution in [3.63, 3.8) is 0 Å². The Morgan fingerprint density at radius 2 is 1.90 bits per heavy atom. The molecule has 1 aromatic rings. The first-order chi connectivity index (χ1) is 15.0. The van der Waals surface area contributed by atoms with Crippen molar-refractivity contribution in [3.8, 4) is 0 Å². The van der Waals surface area contributed by atoms with E-state index in [-0.39, 0.29) is 30.2 Å². The molecule has 0 saturated carbocycles. The summed E-state index contributed by atoms with van der Waals surface area (Å²) in [5, 5.41) is 13.0. The normalized spacial score (nSPS) is 21.6. The van der Waals surface area contributed by atoms with E-state index in [2.05, 4.69) is 32.5 Å². The highest BCUT2D eigenvalue weighted by Gasteiger charge is 2.32. The molecule has 2 saturated heterocycles. The lowest BCUT2D eigenvalue weighted by Crippen LogP contribution is -2.44. The highest BCUT2D eigenvalue weighted by atomic mass is 16.5. The Morgan fingerprint density at radius 3 is 2.58 bits per heavy atom. The monoisotopic (exact) mass is 435 g/mol. The van der Waals surface area contributed by atoms with E-state index in [4.69, 9.17) is 14.6 Å². The molecule has 10 heteroatoms. The quantitative estimate of drug-likeness (QED) is 0.494. The largest absolute Gasteiger partial charge is 0.483 e. The Balaban J connectivity index is 0.00000107. The Labute approximate surface area is 182 Å². The van der Waals surface area contributed by atoms with Crippen molar-refractivity contribution in [1.29, 1.82) is 0 Å². The molecule has 10 nitrogen and oxygen atoms in total. The van der Waals surface area contributed by atoms with Crippen molar-refractivity contribution in [1.82, 2.24) is 25.5 Å². The molecule has 2 aliphatic rings. The van der Waals surface area contributed by atoms with Gasteiger partial charge in [-0.1, -0.05) is 0 Å². The Kier molecular flexibility index (Phi) is 10.9. The molecule has 3 N–H and O–H groups in total. The van der Waals surface area contributed by atoms with Crippen LogP contribution in [0.4, 0.5) is 0 Å². The maximum atomic E-state index is 12.3. The van der Waals surface area contributed by atoms with Crippen LogP contribution in [0.3, 0.4) is 0 Å². The number of amides is 2. The summed E-state index contributed by atoms with van der Waals surface area (Å²) in [6.07, 6.45) is 9.78. The summed E-state index contributed by atoms with van der Waals surface area (Å²) in [5.41, 5.74) is 0.876. The number of nitrogens with one attached hydrogen (secondary N) is 2. The molecule has 172 valence electrons. The number of ether oxygens (including phenoxy) is 1. The van der Waals surface area contributed by atoms with Gasteiger partial charge in [-0.05, 0) is 32.7 Å². The van der Waals surface area contributed by atoms with Crippen molar-refractivity contribution in [3.05, 3.63) is 24.3 Å². The van der Waals surface area contributed by atoms with E-state index in [1.807, 2.05) is 0 Å². The van der Waals surface area contributed by atoms with Gasteiger partial charge >= 0.3 is 0 Å². The summed E-state index contributed by atoms with van der Waals surface area (Å²) in [7, 11) is 2.05. The van der Waals surface area contributed by atoms with Crippen LogP contribution < -0.4 is 10.6 Å². The highest BCUT2D eigenvalue weighted by molar-refractivity contribution is 5.78. The van der Waals surface area contributed by atoms with Gasteiger partial charge in [0, 0.05) is 75.7 Å². The lowest BCUT2D eigenvalue weighted by atomic mass is 9.99. The first-order valence-corrected chi connectivity index (χ1v) is 10.7. The van der Waals surface area contributed by atoms with Crippen molar-refractivity contribution >= 4 is 18.3 Å². The zero-order chi connectivity index (χ0) is 22.5. The van der Waals surface area contributed by atoms with E-state index in [1.54, 1.807) is 18.6 Å². The Bertz CT molecular complexity index is 684. The van der Waals surface area contributed by atoms with Crippen LogP contribution in [0.5, 0.6) is 0 Å². The van der Waals surface area contributed by atoms with E-state index in [0.29, 0.717) is 45.2 Å². The van der Waals surface area contributed by atoms with Gasteiger partial charge < -0.3 is 20.5 Å². The fourth-order valence-corrected chi connectivity index (χ4v) is 3.98. The van der Waals surface area contributed by atoms with Gasteiger partial charge in [0.1, 0.15) is 0 Å². The number of nitrogens with zero attached hydrogens (tertiary/aromatic N) is 3. The second-order valence-corrected chi connectivity index (χ2v) is 7.79. The lowest BCUT2D eigenvalue weighted by Gasteiger charge is -2.27. The molecule has 0 aliphatic carbocycles. The minimum atomic E-state index is -0.250. The van der Waals surface area contributed by atoms with Gasteiger partial charge in [0.15, 0.2) is 0 Å². The zero-order valence-corrected chi connectivity index (χ0v) is 18.0. The molecule has 3 rings (SSSR count). The van der Waals surface area contributed by atoms with Gasteiger partial charge in [0.05, 0.1) is 5.69 Å². The number of likely N-dealkylation sites (tertiary alicyclic amines) is 1. The van der Waals surface area contributed by atoms with Crippen LogP contribution in [0, 0.1) is 5.92 Å². The predicted octanol–water partition coefficient (Wildman–Crippen LogP) is 0.232. The highest BCUT2D eigenvalue weighted by Crippen LogP contribution is 2.24. The van der Waals surface area contributed by atoms with E-state index < -0.39 is 0 Å². The number of aromatic nitrogens is 2. The van der Waals surface area contributed by atoms with Crippen molar-refractivity contribution < 1.29 is 24.2 Å². The Hall–Kier alpha value is -2.59. The summed E-state index contributed by atoms with van der Waals surface area (Å²) in [6, 6.07) is 0.516. The smallest absolute Gasteiger partial charge is 0.290 e. The molecule has 3 heterocycles. The molecule has 0 spiro atoms. The van der Waals surface area contributed by atoms with E-state index in [0.717, 1.165) is 31.4 Å². The van der Waals surface area contributed by atoms with Crippen LogP contribution in [0.1, 0.15) is 37.8 Å². The molecule has 2 atom stereocenters. The molecule has 1 aromatic heterocycles. The SMILES string of the molecule is CN1[C@@H](CC(=O)NCCc2cnccn2)CC[C@H]1CNC(=O)C1CCOCC1.O=CO. The van der Waals surface area contributed by atoms with Crippen molar-refractivity contribution in [2.45, 2.75) is 50.6 Å². The van der Waals surface area contributed by atoms with Gasteiger partial charge in [-0.25, -0.2) is 0 Å². The van der Waals surface area contributed by atoms with Gasteiger partial charge in [-0.3, -0.25) is 29.3 Å². The second-order valence-electron chi connectivity index (χ2n) is 7.79. The average molecular weight is 436 g/mol. The van der Waals surface area contributed by atoms with Crippen molar-refractivity contribution in [2.75, 3.05) is 33.4 Å². The number of likely N-dealkylation sites (N-methyl/N-ethyl adjacent to an activating group) is 1. The standard InChI is InChI=1S/C20H31N5O3.CH2O2/c1-25-17(12-19(26)23-7-4-16-13-21-8-9-22-16)2-3-18(25)14-24-20(27)15-5-10-28-11-6-15;2-1-3/h8-9,13,15,17-18H,2-7,10-12,14H2,1H3,(H,23,26)(H,24,27);1H,(H,2,3)/t17-,18+;/m1./s1. The lowest BCUT2D eigenvalue weighted by molar-refractivity contribution is -0.128. The van der Waals surface area contributed by atoms with Crippen LogP contribution in [-0.2, 0) is 25.5 Å². The molecule has 2 amide bonds. The van der Waals surface area contributed by atoms with Crippen LogP contribution in [0.2, 0.25) is 0 Å². The molecule has 31 heavy (non-hydrogen) atoms. The third-order valence-corrected chi connectivity index (χ3v) is 5.83. The third kappa shape index (κ3) is 8.58. The summed E-state index contributed by atoms with van der Waals surface area (Å²) in [4.78, 5) is 43.4. The van der Waals surface area contributed by atoms with E-state index in [9.17, 15) is 9.59 Å². The first kappa shape index (κ1) is 24.7.